The average Bonchev–Trinajstić information content (AvgIpc) is 2.26. The molecule has 1 fully saturated rings. The Hall–Kier alpha value is -0.120. The van der Waals surface area contributed by atoms with Crippen molar-refractivity contribution in [3.63, 3.8) is 0 Å². The summed E-state index contributed by atoms with van der Waals surface area (Å²) in [6.07, 6.45) is 3.40. The summed E-state index contributed by atoms with van der Waals surface area (Å²) in [5, 5.41) is 9.02. The smallest absolute Gasteiger partial charge is 0.0477 e. The quantitative estimate of drug-likeness (QED) is 0.723. The Morgan fingerprint density at radius 1 is 1.43 bits per heavy atom. The van der Waals surface area contributed by atoms with Gasteiger partial charge < -0.3 is 14.7 Å². The molecule has 1 unspecified atom stereocenters. The third kappa shape index (κ3) is 3.56. The van der Waals surface area contributed by atoms with Crippen molar-refractivity contribution >= 4 is 0 Å². The molecule has 1 rings (SSSR count). The monoisotopic (exact) mass is 201 g/mol. The van der Waals surface area contributed by atoms with E-state index in [0.29, 0.717) is 18.6 Å². The minimum Gasteiger partial charge on any atom is -0.396 e. The molecule has 1 aliphatic rings. The molecule has 0 spiro atoms. The summed E-state index contributed by atoms with van der Waals surface area (Å²) in [6.45, 7) is 5.74. The molecule has 0 bridgehead atoms. The van der Waals surface area contributed by atoms with Gasteiger partial charge in [0, 0.05) is 26.4 Å². The number of likely N-dealkylation sites (tertiary alicyclic amines) is 1. The zero-order valence-corrected chi connectivity index (χ0v) is 9.41. The summed E-state index contributed by atoms with van der Waals surface area (Å²) >= 11 is 0. The second-order valence-electron chi connectivity index (χ2n) is 4.29. The van der Waals surface area contributed by atoms with Crippen LogP contribution in [0.2, 0.25) is 0 Å². The van der Waals surface area contributed by atoms with Crippen molar-refractivity contribution in [2.24, 2.45) is 5.92 Å². The molecule has 0 aromatic heterocycles. The van der Waals surface area contributed by atoms with Gasteiger partial charge in [0.2, 0.25) is 0 Å². The molecular weight excluding hydrogens is 178 g/mol. The summed E-state index contributed by atoms with van der Waals surface area (Å²) in [6, 6.07) is 0.620. The highest BCUT2D eigenvalue weighted by molar-refractivity contribution is 4.75. The highest BCUT2D eigenvalue weighted by Gasteiger charge is 2.21. The zero-order chi connectivity index (χ0) is 10.4. The predicted molar refractivity (Wildman–Crippen MR) is 57.3 cm³/mol. The maximum Gasteiger partial charge on any atom is 0.0477 e. The van der Waals surface area contributed by atoms with Gasteiger partial charge in [-0.05, 0) is 45.2 Å². The Kier molecular flexibility index (Phi) is 5.45. The molecule has 0 radical (unpaired) electrons. The molecule has 1 saturated heterocycles. The van der Waals surface area contributed by atoms with E-state index in [1.165, 1.54) is 0 Å². The average molecular weight is 201 g/mol. The maximum atomic E-state index is 9.02. The standard InChI is InChI=1S/C11H23NO2/c1-10(5-8-14-2)12-6-3-11(9-13)4-7-12/h10-11,13H,3-9H2,1-2H3. The fraction of sp³-hybridized carbons (Fsp3) is 1.00. The minimum absolute atomic E-state index is 0.361. The lowest BCUT2D eigenvalue weighted by Gasteiger charge is -2.35. The largest absolute Gasteiger partial charge is 0.396 e. The number of piperidine rings is 1. The van der Waals surface area contributed by atoms with Crippen LogP contribution >= 0.6 is 0 Å². The molecule has 1 atom stereocenters. The molecule has 0 amide bonds. The Balaban J connectivity index is 2.19. The minimum atomic E-state index is 0.361. The van der Waals surface area contributed by atoms with E-state index >= 15 is 0 Å². The molecule has 1 aliphatic heterocycles. The molecule has 0 aromatic carbocycles. The van der Waals surface area contributed by atoms with Crippen LogP contribution in [-0.4, -0.2) is 49.5 Å². The van der Waals surface area contributed by atoms with Gasteiger partial charge in [0.1, 0.15) is 0 Å². The van der Waals surface area contributed by atoms with E-state index in [1.54, 1.807) is 7.11 Å². The van der Waals surface area contributed by atoms with Crippen LogP contribution < -0.4 is 0 Å². The lowest BCUT2D eigenvalue weighted by Crippen LogP contribution is -2.41. The van der Waals surface area contributed by atoms with E-state index in [2.05, 4.69) is 11.8 Å². The van der Waals surface area contributed by atoms with Crippen LogP contribution in [0.5, 0.6) is 0 Å². The topological polar surface area (TPSA) is 32.7 Å². The maximum absolute atomic E-state index is 9.02. The van der Waals surface area contributed by atoms with Gasteiger partial charge >= 0.3 is 0 Å². The van der Waals surface area contributed by atoms with Gasteiger partial charge in [-0.2, -0.15) is 0 Å². The molecule has 0 aliphatic carbocycles. The normalized spacial score (nSPS) is 22.5. The van der Waals surface area contributed by atoms with E-state index in [0.717, 1.165) is 39.0 Å². The second-order valence-corrected chi connectivity index (χ2v) is 4.29. The molecule has 3 nitrogen and oxygen atoms in total. The molecule has 1 heterocycles. The summed E-state index contributed by atoms with van der Waals surface area (Å²) in [7, 11) is 1.75. The fourth-order valence-corrected chi connectivity index (χ4v) is 2.05. The van der Waals surface area contributed by atoms with Crippen LogP contribution in [-0.2, 0) is 4.74 Å². The van der Waals surface area contributed by atoms with Gasteiger partial charge in [0.05, 0.1) is 0 Å². The third-order valence-corrected chi connectivity index (χ3v) is 3.27. The summed E-state index contributed by atoms with van der Waals surface area (Å²) in [5.41, 5.74) is 0. The van der Waals surface area contributed by atoms with E-state index in [1.807, 2.05) is 0 Å². The first-order valence-corrected chi connectivity index (χ1v) is 5.61. The number of ether oxygens (including phenoxy) is 1. The molecule has 1 N–H and O–H groups in total. The molecule has 84 valence electrons. The van der Waals surface area contributed by atoms with Crippen LogP contribution in [0.4, 0.5) is 0 Å². The van der Waals surface area contributed by atoms with Gasteiger partial charge in [-0.25, -0.2) is 0 Å². The predicted octanol–water partition coefficient (Wildman–Crippen LogP) is 1.12. The van der Waals surface area contributed by atoms with E-state index in [-0.39, 0.29) is 0 Å². The summed E-state index contributed by atoms with van der Waals surface area (Å²) < 4.78 is 5.08. The molecule has 14 heavy (non-hydrogen) atoms. The van der Waals surface area contributed by atoms with Crippen molar-refractivity contribution < 1.29 is 9.84 Å². The number of rotatable bonds is 5. The Labute approximate surface area is 87.1 Å². The number of hydrogen-bond acceptors (Lipinski definition) is 3. The molecule has 3 heteroatoms. The lowest BCUT2D eigenvalue weighted by atomic mass is 9.96. The summed E-state index contributed by atoms with van der Waals surface area (Å²) in [5.74, 6) is 0.542. The summed E-state index contributed by atoms with van der Waals surface area (Å²) in [4.78, 5) is 2.51. The van der Waals surface area contributed by atoms with Crippen molar-refractivity contribution in [1.29, 1.82) is 0 Å². The Morgan fingerprint density at radius 2 is 2.07 bits per heavy atom. The second kappa shape index (κ2) is 6.38. The lowest BCUT2D eigenvalue weighted by molar-refractivity contribution is 0.0869. The van der Waals surface area contributed by atoms with Crippen LogP contribution in [0, 0.1) is 5.92 Å². The number of aliphatic hydroxyl groups is 1. The van der Waals surface area contributed by atoms with Crippen LogP contribution in [0.25, 0.3) is 0 Å². The van der Waals surface area contributed by atoms with E-state index in [4.69, 9.17) is 9.84 Å². The van der Waals surface area contributed by atoms with Crippen LogP contribution in [0.3, 0.4) is 0 Å². The van der Waals surface area contributed by atoms with Crippen molar-refractivity contribution in [2.75, 3.05) is 33.4 Å². The van der Waals surface area contributed by atoms with Gasteiger partial charge in [-0.15, -0.1) is 0 Å². The molecular formula is C11H23NO2. The first-order valence-electron chi connectivity index (χ1n) is 5.61. The van der Waals surface area contributed by atoms with Gasteiger partial charge in [0.25, 0.3) is 0 Å². The van der Waals surface area contributed by atoms with Crippen molar-refractivity contribution in [3.8, 4) is 0 Å². The first-order chi connectivity index (χ1) is 6.77. The van der Waals surface area contributed by atoms with Crippen molar-refractivity contribution in [3.05, 3.63) is 0 Å². The van der Waals surface area contributed by atoms with E-state index < -0.39 is 0 Å². The van der Waals surface area contributed by atoms with Crippen molar-refractivity contribution in [2.45, 2.75) is 32.2 Å². The zero-order valence-electron chi connectivity index (χ0n) is 9.41. The molecule has 0 saturated carbocycles. The van der Waals surface area contributed by atoms with Crippen LogP contribution in [0.15, 0.2) is 0 Å². The fourth-order valence-electron chi connectivity index (χ4n) is 2.05. The van der Waals surface area contributed by atoms with E-state index in [9.17, 15) is 0 Å². The number of hydrogen-bond donors (Lipinski definition) is 1. The number of nitrogens with zero attached hydrogens (tertiary/aromatic N) is 1. The Morgan fingerprint density at radius 3 is 2.57 bits per heavy atom. The van der Waals surface area contributed by atoms with Crippen LogP contribution in [0.1, 0.15) is 26.2 Å². The number of aliphatic hydroxyl groups excluding tert-OH is 1. The first kappa shape index (κ1) is 12.0. The van der Waals surface area contributed by atoms with Gasteiger partial charge in [-0.1, -0.05) is 0 Å². The third-order valence-electron chi connectivity index (χ3n) is 3.27. The van der Waals surface area contributed by atoms with Crippen molar-refractivity contribution in [1.82, 2.24) is 4.90 Å². The highest BCUT2D eigenvalue weighted by atomic mass is 16.5. The van der Waals surface area contributed by atoms with Gasteiger partial charge in [-0.3, -0.25) is 0 Å². The SMILES string of the molecule is COCCC(C)N1CCC(CO)CC1. The molecule has 0 aromatic rings. The Bertz CT molecular complexity index is 144. The van der Waals surface area contributed by atoms with Gasteiger partial charge in [0.15, 0.2) is 0 Å². The highest BCUT2D eigenvalue weighted by Crippen LogP contribution is 2.19. The number of methoxy groups -OCH3 is 1.